The molecule has 0 aliphatic carbocycles. The first-order valence-electron chi connectivity index (χ1n) is 11.3. The number of hydrogen-bond acceptors (Lipinski definition) is 8. The zero-order valence-electron chi connectivity index (χ0n) is 20.5. The number of likely N-dealkylation sites (N-methyl/N-ethyl adjacent to an activating group) is 1. The van der Waals surface area contributed by atoms with Crippen LogP contribution in [0.3, 0.4) is 0 Å². The van der Waals surface area contributed by atoms with Crippen LogP contribution < -0.4 is 15.4 Å². The van der Waals surface area contributed by atoms with Crippen molar-refractivity contribution in [1.29, 1.82) is 0 Å². The summed E-state index contributed by atoms with van der Waals surface area (Å²) >= 11 is 6.42. The molecule has 2 unspecified atom stereocenters. The van der Waals surface area contributed by atoms with Crippen molar-refractivity contribution in [2.75, 3.05) is 26.5 Å². The minimum absolute atomic E-state index is 0.222. The fraction of sp³-hybridized carbons (Fsp3) is 0.192. The quantitative estimate of drug-likeness (QED) is 0.164. The first-order valence-corrected chi connectivity index (χ1v) is 11.7. The van der Waals surface area contributed by atoms with E-state index in [0.717, 1.165) is 5.52 Å². The van der Waals surface area contributed by atoms with Gasteiger partial charge < -0.3 is 30.6 Å². The molecule has 0 aliphatic rings. The lowest BCUT2D eigenvalue weighted by Crippen LogP contribution is -2.31. The number of benzene rings is 2. The summed E-state index contributed by atoms with van der Waals surface area (Å²) in [6, 6.07) is 13.7. The van der Waals surface area contributed by atoms with Gasteiger partial charge in [-0.2, -0.15) is 0 Å². The van der Waals surface area contributed by atoms with Crippen molar-refractivity contribution in [2.45, 2.75) is 12.3 Å². The lowest BCUT2D eigenvalue weighted by Gasteiger charge is -2.25. The van der Waals surface area contributed by atoms with E-state index in [1.54, 1.807) is 62.6 Å². The molecule has 0 spiro atoms. The van der Waals surface area contributed by atoms with Crippen LogP contribution in [-0.4, -0.2) is 63.3 Å². The molecule has 10 nitrogen and oxygen atoms in total. The van der Waals surface area contributed by atoms with E-state index in [4.69, 9.17) is 16.3 Å². The second kappa shape index (κ2) is 11.0. The third-order valence-electron chi connectivity index (χ3n) is 5.61. The third kappa shape index (κ3) is 5.89. The van der Waals surface area contributed by atoms with Gasteiger partial charge in [0.2, 0.25) is 5.95 Å². The van der Waals surface area contributed by atoms with Gasteiger partial charge in [-0.15, -0.1) is 0 Å². The Morgan fingerprint density at radius 3 is 2.59 bits per heavy atom. The highest BCUT2D eigenvalue weighted by Gasteiger charge is 2.22. The molecule has 2 heterocycles. The van der Waals surface area contributed by atoms with Crippen LogP contribution in [0.4, 0.5) is 11.6 Å². The van der Waals surface area contributed by atoms with Crippen LogP contribution in [-0.2, 0) is 0 Å². The number of nitrogens with one attached hydrogen (secondary N) is 3. The predicted molar refractivity (Wildman–Crippen MR) is 142 cm³/mol. The van der Waals surface area contributed by atoms with E-state index in [2.05, 4.69) is 32.2 Å². The van der Waals surface area contributed by atoms with Crippen LogP contribution in [0.2, 0.25) is 5.02 Å². The number of aromatic nitrogens is 3. The molecule has 37 heavy (non-hydrogen) atoms. The number of amides is 1. The van der Waals surface area contributed by atoms with Gasteiger partial charge >= 0.3 is 0 Å². The zero-order valence-corrected chi connectivity index (χ0v) is 21.2. The normalized spacial score (nSPS) is 12.8. The Bertz CT molecular complexity index is 1450. The number of aromatic amines is 1. The van der Waals surface area contributed by atoms with E-state index in [-0.39, 0.29) is 17.2 Å². The average molecular weight is 523 g/mol. The average Bonchev–Trinajstić information content (AvgIpc) is 3.28. The SMILES string of the molecule is C=C(C(O)c1ccc(Nc2nc3ccc(Oc4ccnc(C(=O)NC)c4)cc3[nH]2)cc1Cl)C(O)N(C)C. The number of imidazole rings is 1. The first kappa shape index (κ1) is 26.1. The highest BCUT2D eigenvalue weighted by molar-refractivity contribution is 6.31. The second-order valence-corrected chi connectivity index (χ2v) is 8.91. The van der Waals surface area contributed by atoms with Gasteiger partial charge in [0.1, 0.15) is 29.5 Å². The number of halogens is 1. The maximum Gasteiger partial charge on any atom is 0.269 e. The van der Waals surface area contributed by atoms with Crippen molar-refractivity contribution in [3.63, 3.8) is 0 Å². The van der Waals surface area contributed by atoms with Crippen LogP contribution in [0.1, 0.15) is 22.2 Å². The molecule has 192 valence electrons. The number of H-pyrrole nitrogens is 1. The summed E-state index contributed by atoms with van der Waals surface area (Å²) in [6.45, 7) is 3.79. The Balaban J connectivity index is 1.49. The van der Waals surface area contributed by atoms with Crippen molar-refractivity contribution in [3.05, 3.63) is 83.2 Å². The second-order valence-electron chi connectivity index (χ2n) is 8.50. The largest absolute Gasteiger partial charge is 0.457 e. The fourth-order valence-corrected chi connectivity index (χ4v) is 3.89. The molecule has 11 heteroatoms. The summed E-state index contributed by atoms with van der Waals surface area (Å²) in [5, 5.41) is 26.8. The number of carbonyl (C=O) groups is 1. The van der Waals surface area contributed by atoms with Crippen molar-refractivity contribution in [3.8, 4) is 11.5 Å². The van der Waals surface area contributed by atoms with Gasteiger partial charge in [0, 0.05) is 41.7 Å². The summed E-state index contributed by atoms with van der Waals surface area (Å²) in [5.41, 5.74) is 2.99. The Labute approximate surface area is 218 Å². The highest BCUT2D eigenvalue weighted by atomic mass is 35.5. The minimum Gasteiger partial charge on any atom is -0.457 e. The predicted octanol–water partition coefficient (Wildman–Crippen LogP) is 3.98. The molecule has 0 bridgehead atoms. The molecule has 0 fully saturated rings. The lowest BCUT2D eigenvalue weighted by atomic mass is 10.0. The van der Waals surface area contributed by atoms with E-state index >= 15 is 0 Å². The summed E-state index contributed by atoms with van der Waals surface area (Å²) in [5.74, 6) is 1.21. The number of carbonyl (C=O) groups excluding carboxylic acids is 1. The molecule has 0 radical (unpaired) electrons. The number of ether oxygens (including phenoxy) is 1. The molecule has 2 aromatic carbocycles. The van der Waals surface area contributed by atoms with E-state index in [1.165, 1.54) is 18.1 Å². The Morgan fingerprint density at radius 1 is 1.14 bits per heavy atom. The summed E-state index contributed by atoms with van der Waals surface area (Å²) in [4.78, 5) is 25.1. The molecule has 2 atom stereocenters. The molecule has 1 amide bonds. The van der Waals surface area contributed by atoms with Crippen molar-refractivity contribution in [1.82, 2.24) is 25.2 Å². The number of aliphatic hydroxyl groups excluding tert-OH is 2. The molecule has 5 N–H and O–H groups in total. The smallest absolute Gasteiger partial charge is 0.269 e. The number of anilines is 2. The van der Waals surface area contributed by atoms with Gasteiger partial charge in [-0.05, 0) is 50.0 Å². The van der Waals surface area contributed by atoms with E-state index in [1.807, 2.05) is 0 Å². The molecule has 0 saturated heterocycles. The van der Waals surface area contributed by atoms with E-state index in [0.29, 0.717) is 39.2 Å². The van der Waals surface area contributed by atoms with E-state index in [9.17, 15) is 15.0 Å². The number of aliphatic hydroxyl groups is 2. The molecular weight excluding hydrogens is 496 g/mol. The van der Waals surface area contributed by atoms with Crippen molar-refractivity contribution < 1.29 is 19.7 Å². The van der Waals surface area contributed by atoms with Crippen LogP contribution in [0, 0.1) is 0 Å². The lowest BCUT2D eigenvalue weighted by molar-refractivity contribution is 0.0478. The summed E-state index contributed by atoms with van der Waals surface area (Å²) in [6.07, 6.45) is -0.632. The number of hydrogen-bond donors (Lipinski definition) is 5. The number of pyridine rings is 1. The van der Waals surface area contributed by atoms with Crippen LogP contribution in [0.5, 0.6) is 11.5 Å². The topological polar surface area (TPSA) is 136 Å². The maximum atomic E-state index is 11.8. The van der Waals surface area contributed by atoms with Crippen molar-refractivity contribution in [2.24, 2.45) is 0 Å². The number of fused-ring (bicyclic) bond motifs is 1. The maximum absolute atomic E-state index is 11.8. The summed E-state index contributed by atoms with van der Waals surface area (Å²) < 4.78 is 5.89. The van der Waals surface area contributed by atoms with Gasteiger partial charge in [-0.3, -0.25) is 14.7 Å². The Morgan fingerprint density at radius 2 is 1.89 bits per heavy atom. The number of rotatable bonds is 9. The molecule has 4 rings (SSSR count). The standard InChI is InChI=1S/C26H27ClN6O4/c1-14(25(36)33(3)4)23(34)18-7-5-15(11-19(18)27)30-26-31-20-8-6-16(12-21(20)32-26)37-17-9-10-29-22(13-17)24(35)28-2/h5-13,23,25,34,36H,1H2,2-4H3,(H,28,35)(H2,30,31,32). The van der Waals surface area contributed by atoms with Crippen LogP contribution >= 0.6 is 11.6 Å². The molecule has 2 aromatic heterocycles. The van der Waals surface area contributed by atoms with Crippen LogP contribution in [0.25, 0.3) is 11.0 Å². The fourth-order valence-electron chi connectivity index (χ4n) is 3.61. The Hall–Kier alpha value is -3.96. The molecule has 0 saturated carbocycles. The van der Waals surface area contributed by atoms with Gasteiger partial charge in [0.15, 0.2) is 0 Å². The number of nitrogens with zero attached hydrogens (tertiary/aromatic N) is 3. The first-order chi connectivity index (χ1) is 17.7. The van der Waals surface area contributed by atoms with E-state index < -0.39 is 12.3 Å². The minimum atomic E-state index is -1.13. The Kier molecular flexibility index (Phi) is 7.74. The molecular formula is C26H27ClN6O4. The van der Waals surface area contributed by atoms with Crippen molar-refractivity contribution >= 4 is 40.2 Å². The van der Waals surface area contributed by atoms with Crippen LogP contribution in [0.15, 0.2) is 66.9 Å². The highest BCUT2D eigenvalue weighted by Crippen LogP contribution is 2.32. The zero-order chi connectivity index (χ0) is 26.7. The van der Waals surface area contributed by atoms with Gasteiger partial charge in [-0.1, -0.05) is 24.2 Å². The van der Waals surface area contributed by atoms with Gasteiger partial charge in [-0.25, -0.2) is 4.98 Å². The summed E-state index contributed by atoms with van der Waals surface area (Å²) in [7, 11) is 4.90. The van der Waals surface area contributed by atoms with Gasteiger partial charge in [0.05, 0.1) is 11.0 Å². The third-order valence-corrected chi connectivity index (χ3v) is 5.94. The molecule has 4 aromatic rings. The monoisotopic (exact) mass is 522 g/mol. The van der Waals surface area contributed by atoms with Gasteiger partial charge in [0.25, 0.3) is 5.91 Å². The molecule has 0 aliphatic heterocycles.